The second-order valence-corrected chi connectivity index (χ2v) is 4.96. The van der Waals surface area contributed by atoms with Gasteiger partial charge < -0.3 is 10.6 Å². The van der Waals surface area contributed by atoms with E-state index in [4.69, 9.17) is 0 Å². The third kappa shape index (κ3) is 3.90. The Balaban J connectivity index is 2.34. The normalized spacial score (nSPS) is 19.3. The van der Waals surface area contributed by atoms with E-state index in [1.165, 1.54) is 0 Å². The standard InChI is InChI=1S/C13H12F6N2O/c14-12(15,16)8-3-7(4-9(5-8)13(17,18)19)11(22)21-10-1-2-20-6-10/h3-5,10,20H,1-2,6H2,(H,21,22)/t10-/m1/s1. The predicted molar refractivity (Wildman–Crippen MR) is 65.2 cm³/mol. The average Bonchev–Trinajstić information content (AvgIpc) is 2.89. The molecule has 0 saturated carbocycles. The van der Waals surface area contributed by atoms with Crippen LogP contribution in [-0.2, 0) is 12.4 Å². The van der Waals surface area contributed by atoms with Crippen LogP contribution in [0.1, 0.15) is 27.9 Å². The number of hydrogen-bond donors (Lipinski definition) is 2. The van der Waals surface area contributed by atoms with E-state index in [1.54, 1.807) is 0 Å². The molecular formula is C13H12F6N2O. The van der Waals surface area contributed by atoms with Gasteiger partial charge in [0.25, 0.3) is 5.91 Å². The molecule has 1 amide bonds. The van der Waals surface area contributed by atoms with Crippen LogP contribution in [-0.4, -0.2) is 25.0 Å². The summed E-state index contributed by atoms with van der Waals surface area (Å²) >= 11 is 0. The largest absolute Gasteiger partial charge is 0.416 e. The maximum absolute atomic E-state index is 12.7. The van der Waals surface area contributed by atoms with Crippen molar-refractivity contribution in [3.05, 3.63) is 34.9 Å². The molecule has 1 aliphatic rings. The Hall–Kier alpha value is -1.77. The number of rotatable bonds is 2. The van der Waals surface area contributed by atoms with Crippen LogP contribution < -0.4 is 10.6 Å². The maximum Gasteiger partial charge on any atom is 0.416 e. The molecule has 0 spiro atoms. The lowest BCUT2D eigenvalue weighted by Gasteiger charge is -2.16. The Morgan fingerprint density at radius 3 is 2.00 bits per heavy atom. The monoisotopic (exact) mass is 326 g/mol. The van der Waals surface area contributed by atoms with Gasteiger partial charge in [-0.2, -0.15) is 26.3 Å². The van der Waals surface area contributed by atoms with Crippen LogP contribution in [0.15, 0.2) is 18.2 Å². The molecule has 0 radical (unpaired) electrons. The molecule has 0 aromatic heterocycles. The van der Waals surface area contributed by atoms with Crippen LogP contribution in [0.25, 0.3) is 0 Å². The first kappa shape index (κ1) is 16.6. The second kappa shape index (κ2) is 5.79. The zero-order valence-electron chi connectivity index (χ0n) is 11.1. The van der Waals surface area contributed by atoms with Gasteiger partial charge in [-0.05, 0) is 31.2 Å². The van der Waals surface area contributed by atoms with Crippen molar-refractivity contribution in [1.82, 2.24) is 10.6 Å². The van der Waals surface area contributed by atoms with E-state index in [0.29, 0.717) is 31.6 Å². The average molecular weight is 326 g/mol. The van der Waals surface area contributed by atoms with Gasteiger partial charge in [0.2, 0.25) is 0 Å². The molecule has 122 valence electrons. The Morgan fingerprint density at radius 1 is 1.05 bits per heavy atom. The van der Waals surface area contributed by atoms with Crippen molar-refractivity contribution >= 4 is 5.91 Å². The number of amides is 1. The fourth-order valence-corrected chi connectivity index (χ4v) is 2.13. The van der Waals surface area contributed by atoms with E-state index in [2.05, 4.69) is 10.6 Å². The molecule has 1 aliphatic heterocycles. The minimum Gasteiger partial charge on any atom is -0.348 e. The molecule has 1 heterocycles. The molecule has 2 N–H and O–H groups in total. The molecule has 1 aromatic carbocycles. The smallest absolute Gasteiger partial charge is 0.348 e. The molecule has 1 saturated heterocycles. The van der Waals surface area contributed by atoms with Gasteiger partial charge in [-0.25, -0.2) is 0 Å². The lowest BCUT2D eigenvalue weighted by Crippen LogP contribution is -2.36. The molecular weight excluding hydrogens is 314 g/mol. The second-order valence-electron chi connectivity index (χ2n) is 4.96. The Bertz CT molecular complexity index is 528. The van der Waals surface area contributed by atoms with E-state index in [-0.39, 0.29) is 12.1 Å². The number of nitrogens with one attached hydrogen (secondary N) is 2. The molecule has 2 rings (SSSR count). The minimum atomic E-state index is -4.97. The Kier molecular flexibility index (Phi) is 4.37. The SMILES string of the molecule is O=C(N[C@@H]1CCNC1)c1cc(C(F)(F)F)cc(C(F)(F)F)c1. The molecule has 22 heavy (non-hydrogen) atoms. The van der Waals surface area contributed by atoms with Crippen molar-refractivity contribution in [2.45, 2.75) is 24.8 Å². The molecule has 0 bridgehead atoms. The molecule has 1 aromatic rings. The summed E-state index contributed by atoms with van der Waals surface area (Å²) in [5.41, 5.74) is -3.66. The summed E-state index contributed by atoms with van der Waals surface area (Å²) in [6, 6.07) is 0.532. The van der Waals surface area contributed by atoms with E-state index in [9.17, 15) is 31.1 Å². The van der Waals surface area contributed by atoms with Crippen LogP contribution >= 0.6 is 0 Å². The number of carbonyl (C=O) groups excluding carboxylic acids is 1. The zero-order valence-corrected chi connectivity index (χ0v) is 11.1. The van der Waals surface area contributed by atoms with Crippen molar-refractivity contribution in [2.75, 3.05) is 13.1 Å². The number of benzene rings is 1. The van der Waals surface area contributed by atoms with Crippen LogP contribution in [0.5, 0.6) is 0 Å². The number of carbonyl (C=O) groups is 1. The fourth-order valence-electron chi connectivity index (χ4n) is 2.13. The molecule has 0 unspecified atom stereocenters. The third-order valence-electron chi connectivity index (χ3n) is 3.25. The van der Waals surface area contributed by atoms with Gasteiger partial charge in [0.05, 0.1) is 11.1 Å². The highest BCUT2D eigenvalue weighted by atomic mass is 19.4. The minimum absolute atomic E-state index is 0.00605. The molecule has 1 atom stereocenters. The highest BCUT2D eigenvalue weighted by molar-refractivity contribution is 5.94. The van der Waals surface area contributed by atoms with E-state index in [1.807, 2.05) is 0 Å². The van der Waals surface area contributed by atoms with Crippen molar-refractivity contribution in [3.8, 4) is 0 Å². The van der Waals surface area contributed by atoms with E-state index >= 15 is 0 Å². The third-order valence-corrected chi connectivity index (χ3v) is 3.25. The van der Waals surface area contributed by atoms with Crippen molar-refractivity contribution in [1.29, 1.82) is 0 Å². The summed E-state index contributed by atoms with van der Waals surface area (Å²) < 4.78 is 76.2. The van der Waals surface area contributed by atoms with Crippen LogP contribution in [0.4, 0.5) is 26.3 Å². The van der Waals surface area contributed by atoms with E-state index in [0.717, 1.165) is 0 Å². The van der Waals surface area contributed by atoms with Crippen molar-refractivity contribution < 1.29 is 31.1 Å². The van der Waals surface area contributed by atoms with Crippen LogP contribution in [0.3, 0.4) is 0 Å². The van der Waals surface area contributed by atoms with Gasteiger partial charge in [0, 0.05) is 18.2 Å². The van der Waals surface area contributed by atoms with Crippen LogP contribution in [0, 0.1) is 0 Å². The van der Waals surface area contributed by atoms with E-state index < -0.39 is 35.0 Å². The van der Waals surface area contributed by atoms with Gasteiger partial charge in [0.15, 0.2) is 0 Å². The first-order valence-corrected chi connectivity index (χ1v) is 6.38. The molecule has 1 fully saturated rings. The Morgan fingerprint density at radius 2 is 1.59 bits per heavy atom. The highest BCUT2D eigenvalue weighted by Gasteiger charge is 2.37. The fraction of sp³-hybridized carbons (Fsp3) is 0.462. The lowest BCUT2D eigenvalue weighted by molar-refractivity contribution is -0.143. The van der Waals surface area contributed by atoms with Gasteiger partial charge in [-0.1, -0.05) is 0 Å². The summed E-state index contributed by atoms with van der Waals surface area (Å²) in [5, 5.41) is 5.34. The summed E-state index contributed by atoms with van der Waals surface area (Å²) in [6.07, 6.45) is -9.37. The van der Waals surface area contributed by atoms with Gasteiger partial charge >= 0.3 is 12.4 Å². The van der Waals surface area contributed by atoms with Gasteiger partial charge in [0.1, 0.15) is 0 Å². The molecule has 9 heteroatoms. The highest BCUT2D eigenvalue weighted by Crippen LogP contribution is 2.36. The molecule has 0 aliphatic carbocycles. The maximum atomic E-state index is 12.7. The van der Waals surface area contributed by atoms with Crippen LogP contribution in [0.2, 0.25) is 0 Å². The summed E-state index contributed by atoms with van der Waals surface area (Å²) in [4.78, 5) is 11.9. The van der Waals surface area contributed by atoms with Gasteiger partial charge in [-0.3, -0.25) is 4.79 Å². The lowest BCUT2D eigenvalue weighted by atomic mass is 10.0. The number of halogens is 6. The number of alkyl halides is 6. The first-order chi connectivity index (χ1) is 10.1. The van der Waals surface area contributed by atoms with Crippen molar-refractivity contribution in [2.24, 2.45) is 0 Å². The Labute approximate surface area is 121 Å². The topological polar surface area (TPSA) is 41.1 Å². The quantitative estimate of drug-likeness (QED) is 0.821. The van der Waals surface area contributed by atoms with Crippen molar-refractivity contribution in [3.63, 3.8) is 0 Å². The zero-order chi connectivity index (χ0) is 16.5. The first-order valence-electron chi connectivity index (χ1n) is 6.38. The summed E-state index contributed by atoms with van der Waals surface area (Å²) in [5.74, 6) is -0.953. The van der Waals surface area contributed by atoms with Gasteiger partial charge in [-0.15, -0.1) is 0 Å². The molecule has 3 nitrogen and oxygen atoms in total. The summed E-state index contributed by atoms with van der Waals surface area (Å²) in [7, 11) is 0. The summed E-state index contributed by atoms with van der Waals surface area (Å²) in [6.45, 7) is 1.05. The predicted octanol–water partition coefficient (Wildman–Crippen LogP) is 2.82. The number of hydrogen-bond acceptors (Lipinski definition) is 2.